The van der Waals surface area contributed by atoms with Crippen LogP contribution >= 0.6 is 8.53 Å². The van der Waals surface area contributed by atoms with Crippen LogP contribution < -0.4 is 5.32 Å². The van der Waals surface area contributed by atoms with Gasteiger partial charge in [-0.15, -0.1) is 0 Å². The fraction of sp³-hybridized carbons (Fsp3) is 0.658. The van der Waals surface area contributed by atoms with Crippen LogP contribution in [0.1, 0.15) is 92.2 Å². The molecule has 298 valence electrons. The third-order valence-corrected chi connectivity index (χ3v) is 21.8. The number of nitrogens with one attached hydrogen (secondary N) is 1. The maximum Gasteiger partial charge on any atom is 0.259 e. The minimum absolute atomic E-state index is 0.0212. The number of hydrogen-bond donors (Lipinski definition) is 1. The van der Waals surface area contributed by atoms with E-state index in [9.17, 15) is 10.1 Å². The first-order valence-corrected chi connectivity index (χ1v) is 25.8. The molecule has 1 N–H and O–H groups in total. The van der Waals surface area contributed by atoms with E-state index in [2.05, 4.69) is 121 Å². The normalized spacial score (nSPS) is 20.6. The highest BCUT2D eigenvalue weighted by Gasteiger charge is 2.54. The molecular weight excluding hydrogens is 738 g/mol. The summed E-state index contributed by atoms with van der Waals surface area (Å²) in [4.78, 5) is 26.9. The number of fused-ring (bicyclic) bond motifs is 1. The molecule has 4 rings (SSSR count). The summed E-state index contributed by atoms with van der Waals surface area (Å²) in [6, 6.07) is 11.3. The van der Waals surface area contributed by atoms with Crippen molar-refractivity contribution in [3.63, 3.8) is 0 Å². The van der Waals surface area contributed by atoms with Gasteiger partial charge in [-0.3, -0.25) is 9.36 Å². The van der Waals surface area contributed by atoms with E-state index in [1.54, 1.807) is 18.5 Å². The third-order valence-electron chi connectivity index (χ3n) is 10.7. The summed E-state index contributed by atoms with van der Waals surface area (Å²) in [7, 11) is -6.35. The van der Waals surface area contributed by atoms with E-state index in [-0.39, 0.29) is 46.9 Å². The van der Waals surface area contributed by atoms with Crippen molar-refractivity contribution in [1.29, 1.82) is 5.26 Å². The third kappa shape index (κ3) is 10.2. The van der Waals surface area contributed by atoms with Gasteiger partial charge in [-0.1, -0.05) is 59.7 Å². The zero-order valence-corrected chi connectivity index (χ0v) is 37.6. The summed E-state index contributed by atoms with van der Waals surface area (Å²) >= 11 is 0. The van der Waals surface area contributed by atoms with E-state index in [4.69, 9.17) is 27.6 Å². The number of carbonyl (C=O) groups excluding carboxylic acids is 1. The van der Waals surface area contributed by atoms with Gasteiger partial charge in [0, 0.05) is 17.6 Å². The standard InChI is InChI=1S/C38H62N7O6PSi2/c1-26(2)45(27(3)4)52(47-22-18-21-39)50-32-31(51-54(13,14)38(8,9)10)29(23-48-53(11,12)37(5,6)7)49-36(32)44-25-42-30-33(40-24-41-34(30)44)43-35(46)28-19-16-15-17-20-28/h15-17,19-20,24-27,29,31-32,36H,18,22-23H2,1-14H3,(H,40,41,43,46)/t29-,31-,32-,36-,52+/m1/s1. The number of nitrogens with zero attached hydrogens (tertiary/aromatic N) is 6. The second-order valence-electron chi connectivity index (χ2n) is 17.5. The van der Waals surface area contributed by atoms with Crippen molar-refractivity contribution in [3.05, 3.63) is 48.5 Å². The molecule has 2 aromatic heterocycles. The second-order valence-corrected chi connectivity index (χ2v) is 28.4. The predicted octanol–water partition coefficient (Wildman–Crippen LogP) is 9.05. The molecule has 5 atom stereocenters. The molecule has 1 aromatic carbocycles. The Morgan fingerprint density at radius 1 is 0.981 bits per heavy atom. The highest BCUT2D eigenvalue weighted by molar-refractivity contribution is 7.44. The van der Waals surface area contributed by atoms with Gasteiger partial charge >= 0.3 is 0 Å². The van der Waals surface area contributed by atoms with Crippen molar-refractivity contribution >= 4 is 48.0 Å². The van der Waals surface area contributed by atoms with Gasteiger partial charge in [0.15, 0.2) is 39.8 Å². The number of anilines is 1. The first kappa shape index (κ1) is 44.1. The average molecular weight is 800 g/mol. The Morgan fingerprint density at radius 2 is 1.61 bits per heavy atom. The lowest BCUT2D eigenvalue weighted by molar-refractivity contribution is -0.0470. The maximum atomic E-state index is 13.2. The number of hydrogen-bond acceptors (Lipinski definition) is 11. The van der Waals surface area contributed by atoms with Crippen molar-refractivity contribution in [2.45, 2.75) is 149 Å². The molecule has 0 radical (unpaired) electrons. The lowest BCUT2D eigenvalue weighted by Crippen LogP contribution is -2.51. The topological polar surface area (TPSA) is 146 Å². The Morgan fingerprint density at radius 3 is 2.19 bits per heavy atom. The fourth-order valence-corrected chi connectivity index (χ4v) is 9.71. The Hall–Kier alpha value is -2.65. The minimum Gasteiger partial charge on any atom is -0.414 e. The van der Waals surface area contributed by atoms with E-state index in [1.807, 2.05) is 22.8 Å². The van der Waals surface area contributed by atoms with E-state index in [0.717, 1.165) is 0 Å². The molecule has 0 spiro atoms. The lowest BCUT2D eigenvalue weighted by atomic mass is 10.1. The molecule has 1 fully saturated rings. The zero-order valence-electron chi connectivity index (χ0n) is 34.7. The fourth-order valence-electron chi connectivity index (χ4n) is 5.64. The van der Waals surface area contributed by atoms with Crippen LogP contribution in [0.3, 0.4) is 0 Å². The molecule has 13 nitrogen and oxygen atoms in total. The van der Waals surface area contributed by atoms with Crippen LogP contribution in [0, 0.1) is 11.3 Å². The van der Waals surface area contributed by atoms with E-state index in [0.29, 0.717) is 23.3 Å². The number of benzene rings is 1. The molecule has 3 aromatic rings. The quantitative estimate of drug-likeness (QED) is 0.0841. The first-order valence-electron chi connectivity index (χ1n) is 18.9. The number of ether oxygens (including phenoxy) is 1. The molecule has 16 heteroatoms. The number of carbonyl (C=O) groups is 1. The van der Waals surface area contributed by atoms with Crippen LogP contribution in [0.25, 0.3) is 11.2 Å². The molecule has 1 amide bonds. The minimum atomic E-state index is -2.44. The van der Waals surface area contributed by atoms with Gasteiger partial charge in [0.2, 0.25) is 0 Å². The molecular formula is C38H62N7O6PSi2. The highest BCUT2D eigenvalue weighted by atomic mass is 31.2. The average Bonchev–Trinajstić information content (AvgIpc) is 3.64. The summed E-state index contributed by atoms with van der Waals surface area (Å²) in [5.41, 5.74) is 1.37. The van der Waals surface area contributed by atoms with Gasteiger partial charge in [-0.05, 0) is 76.1 Å². The highest BCUT2D eigenvalue weighted by Crippen LogP contribution is 2.52. The van der Waals surface area contributed by atoms with Gasteiger partial charge in [0.25, 0.3) is 14.4 Å². The predicted molar refractivity (Wildman–Crippen MR) is 219 cm³/mol. The molecule has 1 aliphatic heterocycles. The molecule has 3 heterocycles. The first-order chi connectivity index (χ1) is 25.1. The molecule has 1 saturated heterocycles. The summed E-state index contributed by atoms with van der Waals surface area (Å²) in [6.07, 6.45) is 0.756. The summed E-state index contributed by atoms with van der Waals surface area (Å²) < 4.78 is 38.9. The monoisotopic (exact) mass is 799 g/mol. The molecule has 54 heavy (non-hydrogen) atoms. The van der Waals surface area contributed by atoms with Crippen molar-refractivity contribution in [2.75, 3.05) is 18.5 Å². The van der Waals surface area contributed by atoms with Gasteiger partial charge in [-0.25, -0.2) is 19.6 Å². The smallest absolute Gasteiger partial charge is 0.259 e. The Labute approximate surface area is 325 Å². The largest absolute Gasteiger partial charge is 0.414 e. The van der Waals surface area contributed by atoms with Gasteiger partial charge in [-0.2, -0.15) is 5.26 Å². The van der Waals surface area contributed by atoms with Crippen molar-refractivity contribution in [3.8, 4) is 6.07 Å². The van der Waals surface area contributed by atoms with E-state index < -0.39 is 49.7 Å². The van der Waals surface area contributed by atoms with Gasteiger partial charge in [0.05, 0.1) is 32.0 Å². The molecule has 0 aliphatic carbocycles. The maximum absolute atomic E-state index is 13.2. The molecule has 0 saturated carbocycles. The number of rotatable bonds is 16. The van der Waals surface area contributed by atoms with Crippen LogP contribution in [0.5, 0.6) is 0 Å². The Balaban J connectivity index is 1.87. The van der Waals surface area contributed by atoms with Crippen molar-refractivity contribution < 1.29 is 27.4 Å². The molecule has 0 unspecified atom stereocenters. The number of amides is 1. The van der Waals surface area contributed by atoms with Crippen LogP contribution in [0.15, 0.2) is 43.0 Å². The van der Waals surface area contributed by atoms with E-state index >= 15 is 0 Å². The number of aromatic nitrogens is 4. The SMILES string of the molecule is CC(C)N(C(C)C)[P@@](OCCC#N)O[C@@H]1[C@H](O[Si](C)(C)C(C)(C)C)[C@@H](CO[Si](C)(C)C(C)(C)C)O[C@H]1n1cnc2c(NC(=O)c3ccccc3)ncnc21. The van der Waals surface area contributed by atoms with Crippen LogP contribution in [0.2, 0.25) is 36.3 Å². The second kappa shape index (κ2) is 17.7. The summed E-state index contributed by atoms with van der Waals surface area (Å²) in [5, 5.41) is 12.2. The zero-order chi connectivity index (χ0) is 40.2. The van der Waals surface area contributed by atoms with Gasteiger partial charge in [0.1, 0.15) is 24.6 Å². The van der Waals surface area contributed by atoms with Crippen molar-refractivity contribution in [1.82, 2.24) is 24.2 Å². The van der Waals surface area contributed by atoms with Gasteiger partial charge < -0.3 is 28.0 Å². The molecule has 0 bridgehead atoms. The Kier molecular flexibility index (Phi) is 14.4. The summed E-state index contributed by atoms with van der Waals surface area (Å²) in [5.74, 6) is -0.0281. The van der Waals surface area contributed by atoms with Crippen LogP contribution in [0.4, 0.5) is 5.82 Å². The van der Waals surface area contributed by atoms with E-state index in [1.165, 1.54) is 6.33 Å². The van der Waals surface area contributed by atoms with Crippen LogP contribution in [-0.2, 0) is 22.6 Å². The number of imidazole rings is 1. The van der Waals surface area contributed by atoms with Crippen molar-refractivity contribution in [2.24, 2.45) is 0 Å². The van der Waals surface area contributed by atoms with Crippen LogP contribution in [-0.4, -0.2) is 90.3 Å². The molecule has 1 aliphatic rings. The number of nitriles is 1. The lowest BCUT2D eigenvalue weighted by Gasteiger charge is -2.43. The summed E-state index contributed by atoms with van der Waals surface area (Å²) in [6.45, 7) is 31.2. The Bertz CT molecular complexity index is 1730.